The average molecular weight is 422 g/mol. The molecule has 0 bridgehead atoms. The number of aromatic nitrogens is 1. The van der Waals surface area contributed by atoms with Crippen LogP contribution in [0.5, 0.6) is 5.75 Å². The number of carbonyl (C=O) groups is 2. The Morgan fingerprint density at radius 1 is 0.968 bits per heavy atom. The molecule has 31 heavy (non-hydrogen) atoms. The monoisotopic (exact) mass is 421 g/mol. The molecule has 2 aromatic rings. The van der Waals surface area contributed by atoms with Crippen molar-refractivity contribution in [3.63, 3.8) is 0 Å². The van der Waals surface area contributed by atoms with Crippen LogP contribution in [0.4, 0.5) is 0 Å². The third-order valence-electron chi connectivity index (χ3n) is 5.24. The number of hydrogen-bond donors (Lipinski definition) is 0. The number of benzene rings is 1. The summed E-state index contributed by atoms with van der Waals surface area (Å²) in [7, 11) is 0. The van der Waals surface area contributed by atoms with Gasteiger partial charge in [-0.2, -0.15) is 0 Å². The Labute approximate surface area is 184 Å². The normalized spacial score (nSPS) is 14.2. The van der Waals surface area contributed by atoms with Gasteiger partial charge in [-0.15, -0.1) is 0 Å². The summed E-state index contributed by atoms with van der Waals surface area (Å²) in [6.45, 7) is 10.9. The fraction of sp³-hybridized carbons (Fsp3) is 0.400. The largest absolute Gasteiger partial charge is 0.491 e. The zero-order chi connectivity index (χ0) is 22.5. The number of likely N-dealkylation sites (N-methyl/N-ethyl adjacent to an activating group) is 1. The van der Waals surface area contributed by atoms with Gasteiger partial charge in [0.1, 0.15) is 11.4 Å². The highest BCUT2D eigenvalue weighted by Crippen LogP contribution is 2.33. The van der Waals surface area contributed by atoms with Crippen molar-refractivity contribution in [3.05, 3.63) is 65.6 Å². The van der Waals surface area contributed by atoms with Gasteiger partial charge >= 0.3 is 0 Å². The van der Waals surface area contributed by atoms with Gasteiger partial charge in [0.15, 0.2) is 0 Å². The molecule has 1 aliphatic heterocycles. The van der Waals surface area contributed by atoms with Gasteiger partial charge in [-0.25, -0.2) is 0 Å². The number of rotatable bonds is 9. The molecule has 6 heteroatoms. The Bertz CT molecular complexity index is 950. The Morgan fingerprint density at radius 2 is 1.61 bits per heavy atom. The summed E-state index contributed by atoms with van der Waals surface area (Å²) >= 11 is 0. The third kappa shape index (κ3) is 4.95. The van der Waals surface area contributed by atoms with E-state index in [4.69, 9.17) is 4.74 Å². The van der Waals surface area contributed by atoms with Crippen molar-refractivity contribution in [3.8, 4) is 5.75 Å². The molecule has 0 atom stereocenters. The maximum atomic E-state index is 13.3. The van der Waals surface area contributed by atoms with Gasteiger partial charge in [-0.3, -0.25) is 19.5 Å². The molecule has 0 N–H and O–H groups in total. The van der Waals surface area contributed by atoms with Crippen molar-refractivity contribution in [2.75, 3.05) is 13.1 Å². The summed E-state index contributed by atoms with van der Waals surface area (Å²) < 4.78 is 5.73. The summed E-state index contributed by atoms with van der Waals surface area (Å²) in [6, 6.07) is 11.1. The molecular formula is C25H31N3O3. The number of pyridine rings is 1. The zero-order valence-corrected chi connectivity index (χ0v) is 19.0. The molecule has 0 radical (unpaired) electrons. The fourth-order valence-electron chi connectivity index (χ4n) is 3.77. The number of ether oxygens (including phenoxy) is 1. The van der Waals surface area contributed by atoms with Crippen molar-refractivity contribution in [2.24, 2.45) is 0 Å². The highest BCUT2D eigenvalue weighted by atomic mass is 16.5. The molecule has 164 valence electrons. The molecule has 3 rings (SSSR count). The molecule has 2 heterocycles. The lowest BCUT2D eigenvalue weighted by atomic mass is 10.0. The van der Waals surface area contributed by atoms with Crippen LogP contribution in [0.2, 0.25) is 0 Å². The van der Waals surface area contributed by atoms with E-state index in [9.17, 15) is 9.59 Å². The van der Waals surface area contributed by atoms with Gasteiger partial charge in [0.25, 0.3) is 11.8 Å². The quantitative estimate of drug-likeness (QED) is 0.574. The van der Waals surface area contributed by atoms with Gasteiger partial charge < -0.3 is 9.64 Å². The fourth-order valence-corrected chi connectivity index (χ4v) is 3.77. The van der Waals surface area contributed by atoms with Gasteiger partial charge in [0, 0.05) is 31.5 Å². The van der Waals surface area contributed by atoms with Crippen molar-refractivity contribution >= 4 is 17.4 Å². The Kier molecular flexibility index (Phi) is 7.10. The molecule has 0 fully saturated rings. The van der Waals surface area contributed by atoms with Crippen LogP contribution < -0.4 is 4.74 Å². The molecule has 1 aromatic heterocycles. The molecule has 0 unspecified atom stereocenters. The second kappa shape index (κ2) is 9.77. The summed E-state index contributed by atoms with van der Waals surface area (Å²) in [5.74, 6) is 0.271. The topological polar surface area (TPSA) is 62.7 Å². The Hall–Kier alpha value is -3.15. The number of carbonyl (C=O) groups excluding carboxylic acids is 2. The van der Waals surface area contributed by atoms with Crippen molar-refractivity contribution in [1.82, 2.24) is 14.8 Å². The first-order valence-corrected chi connectivity index (χ1v) is 10.9. The van der Waals surface area contributed by atoms with Gasteiger partial charge in [-0.05, 0) is 76.4 Å². The van der Waals surface area contributed by atoms with E-state index in [1.54, 1.807) is 12.4 Å². The molecular weight excluding hydrogens is 390 g/mol. The van der Waals surface area contributed by atoms with E-state index in [-0.39, 0.29) is 24.0 Å². The summed E-state index contributed by atoms with van der Waals surface area (Å²) in [6.07, 6.45) is 4.36. The maximum absolute atomic E-state index is 13.3. The van der Waals surface area contributed by atoms with Crippen molar-refractivity contribution in [1.29, 1.82) is 0 Å². The Balaban J connectivity index is 1.98. The number of imide groups is 1. The summed E-state index contributed by atoms with van der Waals surface area (Å²) in [4.78, 5) is 34.1. The van der Waals surface area contributed by atoms with Crippen molar-refractivity contribution in [2.45, 2.75) is 53.2 Å². The Morgan fingerprint density at radius 3 is 2.16 bits per heavy atom. The van der Waals surface area contributed by atoms with E-state index in [1.165, 1.54) is 4.90 Å². The number of amides is 2. The summed E-state index contributed by atoms with van der Waals surface area (Å²) in [5.41, 5.74) is 2.82. The van der Waals surface area contributed by atoms with Gasteiger partial charge in [-0.1, -0.05) is 12.1 Å². The van der Waals surface area contributed by atoms with E-state index in [0.29, 0.717) is 24.4 Å². The second-order valence-corrected chi connectivity index (χ2v) is 8.17. The van der Waals surface area contributed by atoms with Crippen LogP contribution in [0.25, 0.3) is 5.57 Å². The molecule has 2 amide bonds. The molecule has 0 saturated carbocycles. The maximum Gasteiger partial charge on any atom is 0.278 e. The SMILES string of the molecule is CCN(CCc1ccncc1)C1=C(c2ccc(OC(C)C)cc2)C(=O)N(C(C)C)C1=O. The van der Waals surface area contributed by atoms with Crippen LogP contribution in [0.15, 0.2) is 54.5 Å². The first-order chi connectivity index (χ1) is 14.8. The minimum Gasteiger partial charge on any atom is -0.491 e. The lowest BCUT2D eigenvalue weighted by Crippen LogP contribution is -2.40. The summed E-state index contributed by atoms with van der Waals surface area (Å²) in [5, 5.41) is 0. The van der Waals surface area contributed by atoms with Crippen molar-refractivity contribution < 1.29 is 14.3 Å². The minimum atomic E-state index is -0.241. The number of nitrogens with zero attached hydrogens (tertiary/aromatic N) is 3. The lowest BCUT2D eigenvalue weighted by Gasteiger charge is -2.25. The smallest absolute Gasteiger partial charge is 0.278 e. The molecule has 6 nitrogen and oxygen atoms in total. The first kappa shape index (κ1) is 22.5. The molecule has 1 aliphatic rings. The van der Waals surface area contributed by atoms with Crippen LogP contribution in [0.3, 0.4) is 0 Å². The number of hydrogen-bond acceptors (Lipinski definition) is 5. The van der Waals surface area contributed by atoms with E-state index in [0.717, 1.165) is 23.3 Å². The molecule has 0 saturated heterocycles. The van der Waals surface area contributed by atoms with E-state index in [1.807, 2.05) is 75.9 Å². The van der Waals surface area contributed by atoms with Crippen LogP contribution in [-0.2, 0) is 16.0 Å². The molecule has 0 spiro atoms. The highest BCUT2D eigenvalue weighted by Gasteiger charge is 2.42. The van der Waals surface area contributed by atoms with E-state index < -0.39 is 0 Å². The highest BCUT2D eigenvalue weighted by molar-refractivity contribution is 6.35. The van der Waals surface area contributed by atoms with E-state index in [2.05, 4.69) is 4.98 Å². The zero-order valence-electron chi connectivity index (χ0n) is 19.0. The van der Waals surface area contributed by atoms with Gasteiger partial charge in [0.05, 0.1) is 11.7 Å². The van der Waals surface area contributed by atoms with Crippen LogP contribution in [0.1, 0.15) is 45.7 Å². The second-order valence-electron chi connectivity index (χ2n) is 8.17. The average Bonchev–Trinajstić information content (AvgIpc) is 3.00. The van der Waals surface area contributed by atoms with Crippen LogP contribution in [-0.4, -0.2) is 51.8 Å². The first-order valence-electron chi connectivity index (χ1n) is 10.9. The molecule has 1 aromatic carbocycles. The standard InChI is InChI=1S/C25H31N3O3/c1-6-27(16-13-19-11-14-26-15-12-19)23-22(24(29)28(17(2)3)25(23)30)20-7-9-21(10-8-20)31-18(4)5/h7-12,14-15,17-18H,6,13,16H2,1-5H3. The predicted octanol–water partition coefficient (Wildman–Crippen LogP) is 3.92. The van der Waals surface area contributed by atoms with Crippen LogP contribution in [0, 0.1) is 0 Å². The van der Waals surface area contributed by atoms with Crippen LogP contribution >= 0.6 is 0 Å². The predicted molar refractivity (Wildman–Crippen MR) is 121 cm³/mol. The minimum absolute atomic E-state index is 0.0653. The molecule has 0 aliphatic carbocycles. The van der Waals surface area contributed by atoms with E-state index >= 15 is 0 Å². The third-order valence-corrected chi connectivity index (χ3v) is 5.24. The van der Waals surface area contributed by atoms with Gasteiger partial charge in [0.2, 0.25) is 0 Å². The lowest BCUT2D eigenvalue weighted by molar-refractivity contribution is -0.139.